The first-order chi connectivity index (χ1) is 19.0. The summed E-state index contributed by atoms with van der Waals surface area (Å²) in [6, 6.07) is 0. The molecule has 0 aromatic rings. The molecule has 232 valence electrons. The highest BCUT2D eigenvalue weighted by molar-refractivity contribution is 5.70. The molecule has 3 aliphatic heterocycles. The topological polar surface area (TPSA) is 211 Å². The number of rotatable bonds is 6. The molecule has 0 spiro atoms. The second-order valence-corrected chi connectivity index (χ2v) is 10.6. The first-order valence-electron chi connectivity index (χ1n) is 14.1. The van der Waals surface area contributed by atoms with Gasteiger partial charge in [-0.3, -0.25) is 9.59 Å². The van der Waals surface area contributed by atoms with Crippen molar-refractivity contribution in [3.63, 3.8) is 0 Å². The van der Waals surface area contributed by atoms with Gasteiger partial charge < -0.3 is 59.1 Å². The molecule has 3 heterocycles. The fraction of sp³-hybridized carbons (Fsp3) is 0.923. The molecule has 40 heavy (non-hydrogen) atoms. The van der Waals surface area contributed by atoms with E-state index >= 15 is 0 Å². The standard InChI is InChI=1S/C26H44O14/c1-3-5-7-13-9-17(27)35-11-16-20(30)22(32)24(34)26(40-16)38-14(8-6-4-2)10-18(28)36-12-15-19(29)21(31)23(33)25(37-13)39-15/h13-16,19-26,29-34H,3-12H2,1-2H3/t13?,14?,15-,16-,19-,20-,21+,22+,23-,24-,25-,26-/m1/s1. The van der Waals surface area contributed by atoms with Crippen molar-refractivity contribution in [2.24, 2.45) is 0 Å². The normalized spacial score (nSPS) is 42.3. The maximum absolute atomic E-state index is 12.7. The number of unbranched alkanes of at least 4 members (excludes halogenated alkanes) is 2. The van der Waals surface area contributed by atoms with Crippen LogP contribution in [0.25, 0.3) is 0 Å². The summed E-state index contributed by atoms with van der Waals surface area (Å²) < 4.78 is 33.6. The van der Waals surface area contributed by atoms with Gasteiger partial charge in [-0.25, -0.2) is 0 Å². The minimum atomic E-state index is -1.67. The number of hydrogen-bond donors (Lipinski definition) is 6. The molecule has 3 saturated heterocycles. The van der Waals surface area contributed by atoms with Crippen LogP contribution in [0, 0.1) is 0 Å². The molecular formula is C26H44O14. The molecule has 3 fully saturated rings. The molecule has 2 unspecified atom stereocenters. The van der Waals surface area contributed by atoms with Gasteiger partial charge in [0.1, 0.15) is 62.0 Å². The SMILES string of the molecule is CCCCC1CC(=O)OC[C@H]2O[C@@H](OC(CCCC)CC(=O)OC[C@H]3O[C@@H](O1)[C@H](O)[C@@H](O)[C@@H]3O)[C@H](O)[C@@H](O)[C@@H]2O. The number of hydrogen-bond acceptors (Lipinski definition) is 14. The quantitative estimate of drug-likeness (QED) is 0.200. The molecule has 6 N–H and O–H groups in total. The number of carbonyl (C=O) groups excluding carboxylic acids is 2. The lowest BCUT2D eigenvalue weighted by Gasteiger charge is -2.42. The van der Waals surface area contributed by atoms with E-state index in [2.05, 4.69) is 0 Å². The zero-order valence-corrected chi connectivity index (χ0v) is 22.9. The lowest BCUT2D eigenvalue weighted by Crippen LogP contribution is -2.60. The van der Waals surface area contributed by atoms with Gasteiger partial charge in [0.25, 0.3) is 0 Å². The number of ether oxygens (including phenoxy) is 6. The Hall–Kier alpha value is -1.46. The molecule has 0 amide bonds. The van der Waals surface area contributed by atoms with Crippen molar-refractivity contribution in [2.45, 2.75) is 139 Å². The first-order valence-corrected chi connectivity index (χ1v) is 14.1. The number of carbonyl (C=O) groups is 2. The zero-order chi connectivity index (χ0) is 29.4. The van der Waals surface area contributed by atoms with Gasteiger partial charge in [-0.1, -0.05) is 39.5 Å². The number of cyclic esters (lactones) is 2. The van der Waals surface area contributed by atoms with Gasteiger partial charge in [0, 0.05) is 0 Å². The van der Waals surface area contributed by atoms with E-state index in [0.717, 1.165) is 12.8 Å². The minimum Gasteiger partial charge on any atom is -0.463 e. The van der Waals surface area contributed by atoms with Crippen molar-refractivity contribution in [3.05, 3.63) is 0 Å². The molecule has 14 heteroatoms. The van der Waals surface area contributed by atoms with E-state index in [-0.39, 0.29) is 12.8 Å². The summed E-state index contributed by atoms with van der Waals surface area (Å²) in [5.41, 5.74) is 0. The third kappa shape index (κ3) is 8.77. The maximum atomic E-state index is 12.7. The van der Waals surface area contributed by atoms with Gasteiger partial charge in [0.2, 0.25) is 0 Å². The molecule has 12 atom stereocenters. The van der Waals surface area contributed by atoms with E-state index in [1.165, 1.54) is 0 Å². The van der Waals surface area contributed by atoms with E-state index in [4.69, 9.17) is 28.4 Å². The molecule has 0 aromatic carbocycles. The van der Waals surface area contributed by atoms with Crippen LogP contribution in [0.1, 0.15) is 65.2 Å². The summed E-state index contributed by atoms with van der Waals surface area (Å²) in [4.78, 5) is 25.4. The summed E-state index contributed by atoms with van der Waals surface area (Å²) in [5, 5.41) is 62.6. The summed E-state index contributed by atoms with van der Waals surface area (Å²) in [7, 11) is 0. The molecule has 0 aliphatic carbocycles. The molecular weight excluding hydrogens is 536 g/mol. The predicted octanol–water partition coefficient (Wildman–Crippen LogP) is -1.37. The van der Waals surface area contributed by atoms with Crippen LogP contribution >= 0.6 is 0 Å². The Morgan fingerprint density at radius 1 is 0.575 bits per heavy atom. The zero-order valence-electron chi connectivity index (χ0n) is 22.9. The second-order valence-electron chi connectivity index (χ2n) is 10.6. The summed E-state index contributed by atoms with van der Waals surface area (Å²) in [6.07, 6.45) is -13.7. The fourth-order valence-electron chi connectivity index (χ4n) is 4.85. The van der Waals surface area contributed by atoms with Crippen molar-refractivity contribution < 1.29 is 68.6 Å². The van der Waals surface area contributed by atoms with Crippen molar-refractivity contribution in [3.8, 4) is 0 Å². The highest BCUT2D eigenvalue weighted by atomic mass is 16.7. The van der Waals surface area contributed by atoms with Crippen LogP contribution < -0.4 is 0 Å². The van der Waals surface area contributed by atoms with Crippen LogP contribution in [0.5, 0.6) is 0 Å². The van der Waals surface area contributed by atoms with Gasteiger partial charge in [-0.2, -0.15) is 0 Å². The van der Waals surface area contributed by atoms with Crippen LogP contribution in [0.3, 0.4) is 0 Å². The highest BCUT2D eigenvalue weighted by Gasteiger charge is 2.47. The molecule has 4 bridgehead atoms. The molecule has 3 aliphatic rings. The predicted molar refractivity (Wildman–Crippen MR) is 133 cm³/mol. The van der Waals surface area contributed by atoms with Gasteiger partial charge in [-0.05, 0) is 12.8 Å². The van der Waals surface area contributed by atoms with Crippen LogP contribution in [0.2, 0.25) is 0 Å². The lowest BCUT2D eigenvalue weighted by atomic mass is 9.98. The van der Waals surface area contributed by atoms with E-state index < -0.39 is 98.8 Å². The third-order valence-corrected chi connectivity index (χ3v) is 7.36. The molecule has 0 aromatic heterocycles. The van der Waals surface area contributed by atoms with Crippen LogP contribution in [0.4, 0.5) is 0 Å². The smallest absolute Gasteiger partial charge is 0.308 e. The van der Waals surface area contributed by atoms with Gasteiger partial charge in [-0.15, -0.1) is 0 Å². The number of esters is 2. The minimum absolute atomic E-state index is 0.280. The Morgan fingerprint density at radius 3 is 1.30 bits per heavy atom. The molecule has 3 rings (SSSR count). The van der Waals surface area contributed by atoms with E-state index in [1.807, 2.05) is 13.8 Å². The Morgan fingerprint density at radius 2 is 0.950 bits per heavy atom. The van der Waals surface area contributed by atoms with Crippen LogP contribution in [0.15, 0.2) is 0 Å². The Bertz CT molecular complexity index is 733. The lowest BCUT2D eigenvalue weighted by molar-refractivity contribution is -0.316. The Labute approximate surface area is 233 Å². The third-order valence-electron chi connectivity index (χ3n) is 7.36. The average Bonchev–Trinajstić information content (AvgIpc) is 2.93. The molecule has 0 saturated carbocycles. The number of fused-ring (bicyclic) bond motifs is 4. The second kappa shape index (κ2) is 15.7. The fourth-order valence-corrected chi connectivity index (χ4v) is 4.85. The van der Waals surface area contributed by atoms with Crippen molar-refractivity contribution >= 4 is 11.9 Å². The van der Waals surface area contributed by atoms with Gasteiger partial charge in [0.05, 0.1) is 25.0 Å². The number of aliphatic hydroxyl groups is 6. The highest BCUT2D eigenvalue weighted by Crippen LogP contribution is 2.28. The summed E-state index contributed by atoms with van der Waals surface area (Å²) >= 11 is 0. The van der Waals surface area contributed by atoms with E-state index in [9.17, 15) is 40.2 Å². The average molecular weight is 581 g/mol. The molecule has 14 nitrogen and oxygen atoms in total. The van der Waals surface area contributed by atoms with Crippen LogP contribution in [-0.4, -0.2) is 129 Å². The summed E-state index contributed by atoms with van der Waals surface area (Å²) in [5.74, 6) is -1.46. The maximum Gasteiger partial charge on any atom is 0.308 e. The van der Waals surface area contributed by atoms with Crippen molar-refractivity contribution in [1.29, 1.82) is 0 Å². The summed E-state index contributed by atoms with van der Waals surface area (Å²) in [6.45, 7) is 2.92. The van der Waals surface area contributed by atoms with Crippen LogP contribution in [-0.2, 0) is 38.0 Å². The van der Waals surface area contributed by atoms with Crippen molar-refractivity contribution in [2.75, 3.05) is 13.2 Å². The molecule has 0 radical (unpaired) electrons. The van der Waals surface area contributed by atoms with E-state index in [1.54, 1.807) is 0 Å². The Kier molecular flexibility index (Phi) is 13.0. The van der Waals surface area contributed by atoms with Gasteiger partial charge >= 0.3 is 11.9 Å². The van der Waals surface area contributed by atoms with Gasteiger partial charge in [0.15, 0.2) is 12.6 Å². The Balaban J connectivity index is 1.84. The largest absolute Gasteiger partial charge is 0.463 e. The first kappa shape index (κ1) is 33.0. The number of aliphatic hydroxyl groups excluding tert-OH is 6. The van der Waals surface area contributed by atoms with E-state index in [0.29, 0.717) is 25.7 Å². The monoisotopic (exact) mass is 580 g/mol. The van der Waals surface area contributed by atoms with Crippen molar-refractivity contribution in [1.82, 2.24) is 0 Å².